The minimum atomic E-state index is -0.0546. The van der Waals surface area contributed by atoms with Crippen LogP contribution >= 0.6 is 34.8 Å². The van der Waals surface area contributed by atoms with Gasteiger partial charge in [0.05, 0.1) is 5.02 Å². The Bertz CT molecular complexity index is 316. The smallest absolute Gasteiger partial charge is 0.299 e. The number of hydrogen-bond donors (Lipinski definition) is 0. The summed E-state index contributed by atoms with van der Waals surface area (Å²) in [5, 5.41) is 0.384. The van der Waals surface area contributed by atoms with Gasteiger partial charge in [-0.25, -0.2) is 0 Å². The number of rotatable bonds is 2. The van der Waals surface area contributed by atoms with E-state index in [0.29, 0.717) is 0 Å². The summed E-state index contributed by atoms with van der Waals surface area (Å²) in [7, 11) is 0. The van der Waals surface area contributed by atoms with Crippen molar-refractivity contribution in [2.75, 3.05) is 0 Å². The van der Waals surface area contributed by atoms with Crippen LogP contribution in [0.2, 0.25) is 15.2 Å². The third-order valence-electron chi connectivity index (χ3n) is 1.01. The number of nitrogens with zero attached hydrogens (tertiary/aromatic N) is 1. The molecule has 0 unspecified atom stereocenters. The monoisotopic (exact) mass is 225 g/mol. The number of carbonyl (C=O) groups is 1. The second-order valence-electron chi connectivity index (χ2n) is 1.76. The van der Waals surface area contributed by atoms with Crippen LogP contribution in [-0.4, -0.2) is 11.5 Å². The summed E-state index contributed by atoms with van der Waals surface area (Å²) < 4.78 is 4.41. The molecule has 0 amide bonds. The SMILES string of the molecule is O=COc1nc(Cl)c(Cl)cc1Cl. The van der Waals surface area contributed by atoms with Crippen LogP contribution in [0.5, 0.6) is 5.88 Å². The maximum absolute atomic E-state index is 9.93. The topological polar surface area (TPSA) is 39.2 Å². The van der Waals surface area contributed by atoms with Gasteiger partial charge in [-0.2, -0.15) is 4.98 Å². The van der Waals surface area contributed by atoms with Crippen LogP contribution in [0.25, 0.3) is 0 Å². The molecule has 0 radical (unpaired) electrons. The van der Waals surface area contributed by atoms with Gasteiger partial charge < -0.3 is 4.74 Å². The molecule has 0 saturated heterocycles. The maximum atomic E-state index is 9.93. The zero-order chi connectivity index (χ0) is 9.14. The fourth-order valence-corrected chi connectivity index (χ4v) is 1.09. The molecule has 3 nitrogen and oxygen atoms in total. The molecule has 0 N–H and O–H groups in total. The quantitative estimate of drug-likeness (QED) is 0.575. The summed E-state index contributed by atoms with van der Waals surface area (Å²) in [4.78, 5) is 13.5. The van der Waals surface area contributed by atoms with Crippen molar-refractivity contribution >= 4 is 41.3 Å². The first kappa shape index (κ1) is 9.58. The molecule has 0 bridgehead atoms. The summed E-state index contributed by atoms with van der Waals surface area (Å²) in [6.45, 7) is 0.207. The standard InChI is InChI=1S/C6H2Cl3NO2/c7-3-1-4(8)6(12-2-11)10-5(3)9/h1-2H. The average Bonchev–Trinajstić information content (AvgIpc) is 2.01. The van der Waals surface area contributed by atoms with E-state index in [-0.39, 0.29) is 27.6 Å². The van der Waals surface area contributed by atoms with E-state index in [1.807, 2.05) is 0 Å². The van der Waals surface area contributed by atoms with E-state index in [1.54, 1.807) is 0 Å². The summed E-state index contributed by atoms with van der Waals surface area (Å²) in [5.41, 5.74) is 0. The molecule has 1 aromatic rings. The van der Waals surface area contributed by atoms with Gasteiger partial charge in [-0.3, -0.25) is 4.79 Å². The Morgan fingerprint density at radius 1 is 1.33 bits per heavy atom. The van der Waals surface area contributed by atoms with Crippen molar-refractivity contribution in [1.82, 2.24) is 4.98 Å². The Kier molecular flexibility index (Phi) is 3.14. The molecule has 1 rings (SSSR count). The van der Waals surface area contributed by atoms with E-state index in [2.05, 4.69) is 9.72 Å². The van der Waals surface area contributed by atoms with Crippen LogP contribution in [0.1, 0.15) is 0 Å². The fraction of sp³-hybridized carbons (Fsp3) is 0. The van der Waals surface area contributed by atoms with Crippen LogP contribution in [0, 0.1) is 0 Å². The van der Waals surface area contributed by atoms with Crippen molar-refractivity contribution in [2.24, 2.45) is 0 Å². The highest BCUT2D eigenvalue weighted by Crippen LogP contribution is 2.29. The number of hydrogen-bond acceptors (Lipinski definition) is 3. The molecular formula is C6H2Cl3NO2. The first-order valence-electron chi connectivity index (χ1n) is 2.77. The van der Waals surface area contributed by atoms with Crippen molar-refractivity contribution in [3.63, 3.8) is 0 Å². The normalized spacial score (nSPS) is 9.58. The molecule has 0 fully saturated rings. The van der Waals surface area contributed by atoms with Crippen molar-refractivity contribution in [3.8, 4) is 5.88 Å². The third-order valence-corrected chi connectivity index (χ3v) is 1.96. The van der Waals surface area contributed by atoms with Gasteiger partial charge >= 0.3 is 0 Å². The van der Waals surface area contributed by atoms with E-state index < -0.39 is 0 Å². The Morgan fingerprint density at radius 3 is 2.58 bits per heavy atom. The molecule has 6 heteroatoms. The lowest BCUT2D eigenvalue weighted by Crippen LogP contribution is -1.93. The van der Waals surface area contributed by atoms with Gasteiger partial charge in [0.25, 0.3) is 6.47 Å². The molecule has 0 atom stereocenters. The number of pyridine rings is 1. The maximum Gasteiger partial charge on any atom is 0.299 e. The van der Waals surface area contributed by atoms with Crippen molar-refractivity contribution in [2.45, 2.75) is 0 Å². The van der Waals surface area contributed by atoms with Crippen molar-refractivity contribution in [3.05, 3.63) is 21.3 Å². The van der Waals surface area contributed by atoms with Gasteiger partial charge in [0.1, 0.15) is 5.02 Å². The summed E-state index contributed by atoms with van der Waals surface area (Å²) in [6.07, 6.45) is 0. The summed E-state index contributed by atoms with van der Waals surface area (Å²) >= 11 is 16.7. The van der Waals surface area contributed by atoms with E-state index in [1.165, 1.54) is 6.07 Å². The lowest BCUT2D eigenvalue weighted by atomic mass is 10.5. The van der Waals surface area contributed by atoms with Crippen molar-refractivity contribution in [1.29, 1.82) is 0 Å². The number of carbonyl (C=O) groups excluding carboxylic acids is 1. The van der Waals surface area contributed by atoms with Crippen molar-refractivity contribution < 1.29 is 9.53 Å². The summed E-state index contributed by atoms with van der Waals surface area (Å²) in [6, 6.07) is 1.34. The zero-order valence-corrected chi connectivity index (χ0v) is 7.82. The van der Waals surface area contributed by atoms with Gasteiger partial charge in [-0.1, -0.05) is 34.8 Å². The molecule has 1 heterocycles. The molecule has 0 aliphatic heterocycles. The van der Waals surface area contributed by atoms with E-state index in [9.17, 15) is 4.79 Å². The second kappa shape index (κ2) is 3.94. The van der Waals surface area contributed by atoms with Crippen LogP contribution in [-0.2, 0) is 4.79 Å². The lowest BCUT2D eigenvalue weighted by Gasteiger charge is -2.00. The fourth-order valence-electron chi connectivity index (χ4n) is 0.557. The Balaban J connectivity index is 3.13. The lowest BCUT2D eigenvalue weighted by molar-refractivity contribution is -0.120. The molecule has 0 aliphatic rings. The Labute approximate surface area is 83.2 Å². The average molecular weight is 226 g/mol. The number of halogens is 3. The predicted octanol–water partition coefficient (Wildman–Crippen LogP) is 2.58. The highest BCUT2D eigenvalue weighted by molar-refractivity contribution is 6.42. The van der Waals surface area contributed by atoms with Gasteiger partial charge in [-0.15, -0.1) is 0 Å². The largest absolute Gasteiger partial charge is 0.408 e. The van der Waals surface area contributed by atoms with Crippen LogP contribution in [0.15, 0.2) is 6.07 Å². The molecular weight excluding hydrogens is 224 g/mol. The van der Waals surface area contributed by atoms with Crippen LogP contribution in [0.3, 0.4) is 0 Å². The Morgan fingerprint density at radius 2 is 2.00 bits per heavy atom. The van der Waals surface area contributed by atoms with Gasteiger partial charge in [0.2, 0.25) is 5.88 Å². The van der Waals surface area contributed by atoms with Gasteiger partial charge in [-0.05, 0) is 6.07 Å². The first-order chi connectivity index (χ1) is 5.65. The molecule has 64 valence electrons. The Hall–Kier alpha value is -0.510. The van der Waals surface area contributed by atoms with Crippen LogP contribution < -0.4 is 4.74 Å². The first-order valence-corrected chi connectivity index (χ1v) is 3.90. The minimum absolute atomic E-state index is 0.0397. The second-order valence-corrected chi connectivity index (χ2v) is 2.93. The predicted molar refractivity (Wildman–Crippen MR) is 46.0 cm³/mol. The molecule has 0 aromatic carbocycles. The van der Waals surface area contributed by atoms with Gasteiger partial charge in [0, 0.05) is 0 Å². The molecule has 1 aromatic heterocycles. The molecule has 0 aliphatic carbocycles. The minimum Gasteiger partial charge on any atom is -0.408 e. The number of ether oxygens (including phenoxy) is 1. The zero-order valence-electron chi connectivity index (χ0n) is 5.55. The van der Waals surface area contributed by atoms with E-state index in [0.717, 1.165) is 0 Å². The van der Waals surface area contributed by atoms with E-state index in [4.69, 9.17) is 34.8 Å². The molecule has 0 saturated carbocycles. The van der Waals surface area contributed by atoms with Gasteiger partial charge in [0.15, 0.2) is 5.15 Å². The van der Waals surface area contributed by atoms with Crippen LogP contribution in [0.4, 0.5) is 0 Å². The highest BCUT2D eigenvalue weighted by atomic mass is 35.5. The van der Waals surface area contributed by atoms with E-state index >= 15 is 0 Å². The summed E-state index contributed by atoms with van der Waals surface area (Å²) in [5.74, 6) is -0.0546. The molecule has 12 heavy (non-hydrogen) atoms. The third kappa shape index (κ3) is 2.00. The highest BCUT2D eigenvalue weighted by Gasteiger charge is 2.07. The number of aromatic nitrogens is 1. The molecule has 0 spiro atoms.